The van der Waals surface area contributed by atoms with Crippen molar-refractivity contribution in [1.82, 2.24) is 0 Å². The van der Waals surface area contributed by atoms with Crippen LogP contribution in [-0.2, 0) is 11.2 Å². The Bertz CT molecular complexity index is 235. The van der Waals surface area contributed by atoms with E-state index in [1.54, 1.807) is 6.07 Å². The molecule has 1 aromatic heterocycles. The number of ketones is 1. The van der Waals surface area contributed by atoms with Gasteiger partial charge in [-0.25, -0.2) is 0 Å². The number of rotatable bonds is 3. The highest BCUT2D eigenvalue weighted by Crippen LogP contribution is 2.09. The number of carbonyl (C=O) groups is 1. The van der Waals surface area contributed by atoms with E-state index in [-0.39, 0.29) is 11.7 Å². The van der Waals surface area contributed by atoms with Crippen LogP contribution in [0.2, 0.25) is 0 Å². The Balaban J connectivity index is 2.70. The van der Waals surface area contributed by atoms with Gasteiger partial charge in [0.15, 0.2) is 5.78 Å². The van der Waals surface area contributed by atoms with E-state index in [4.69, 9.17) is 13.0 Å². The number of halogens is 1. The van der Waals surface area contributed by atoms with E-state index in [1.165, 1.54) is 11.3 Å². The summed E-state index contributed by atoms with van der Waals surface area (Å²) in [7, 11) is 0. The minimum Gasteiger partial charge on any atom is -0.298 e. The first-order valence-corrected chi connectivity index (χ1v) is 4.21. The van der Waals surface area contributed by atoms with Crippen molar-refractivity contribution in [2.75, 3.05) is 5.88 Å². The first kappa shape index (κ1) is 6.38. The molecule has 10 heavy (non-hydrogen) atoms. The van der Waals surface area contributed by atoms with Gasteiger partial charge in [-0.05, 0) is 11.4 Å². The predicted octanol–water partition coefficient (Wildman–Crippen LogP) is 2.10. The Kier molecular flexibility index (Phi) is 2.38. The summed E-state index contributed by atoms with van der Waals surface area (Å²) in [5, 5.41) is 1.85. The van der Waals surface area contributed by atoms with Crippen molar-refractivity contribution in [1.29, 1.82) is 0 Å². The third kappa shape index (κ3) is 2.12. The largest absolute Gasteiger partial charge is 0.298 e. The van der Waals surface area contributed by atoms with Crippen LogP contribution in [-0.4, -0.2) is 11.7 Å². The van der Waals surface area contributed by atoms with Gasteiger partial charge < -0.3 is 0 Å². The summed E-state index contributed by atoms with van der Waals surface area (Å²) >= 11 is 6.71. The molecule has 1 atom stereocenters. The molecular formula is C7H7ClOS. The number of Topliss-reactive ketones (excluding diaryl/α,β-unsaturated/α-hetero) is 1. The lowest BCUT2D eigenvalue weighted by Gasteiger charge is -1.89. The van der Waals surface area contributed by atoms with Crippen LogP contribution in [0.25, 0.3) is 0 Å². The van der Waals surface area contributed by atoms with Gasteiger partial charge in [0.2, 0.25) is 0 Å². The fourth-order valence-electron chi connectivity index (χ4n) is 0.571. The molecule has 1 aromatic rings. The van der Waals surface area contributed by atoms with Crippen molar-refractivity contribution >= 4 is 28.7 Å². The van der Waals surface area contributed by atoms with Gasteiger partial charge >= 0.3 is 0 Å². The lowest BCUT2D eigenvalue weighted by atomic mass is 10.3. The topological polar surface area (TPSA) is 17.1 Å². The molecule has 0 spiro atoms. The Morgan fingerprint density at radius 2 is 2.70 bits per heavy atom. The van der Waals surface area contributed by atoms with E-state index in [1.807, 2.05) is 11.4 Å². The molecule has 0 aliphatic carbocycles. The first-order valence-electron chi connectivity index (χ1n) is 3.37. The summed E-state index contributed by atoms with van der Waals surface area (Å²) in [5.41, 5.74) is 0. The molecular weight excluding hydrogens is 168 g/mol. The quantitative estimate of drug-likeness (QED) is 0.645. The molecule has 0 amide bonds. The second-order valence-electron chi connectivity index (χ2n) is 1.76. The van der Waals surface area contributed by atoms with Gasteiger partial charge in [-0.15, -0.1) is 22.9 Å². The fourth-order valence-corrected chi connectivity index (χ4v) is 1.32. The monoisotopic (exact) mass is 176 g/mol. The fraction of sp³-hybridized carbons (Fsp3) is 0.286. The predicted molar refractivity (Wildman–Crippen MR) is 43.8 cm³/mol. The summed E-state index contributed by atoms with van der Waals surface area (Å²) in [6, 6.07) is 3.59. The van der Waals surface area contributed by atoms with Crippen molar-refractivity contribution < 1.29 is 6.17 Å². The molecule has 0 fully saturated rings. The van der Waals surface area contributed by atoms with E-state index >= 15 is 0 Å². The average molecular weight is 177 g/mol. The molecule has 1 nitrogen and oxygen atoms in total. The van der Waals surface area contributed by atoms with Crippen LogP contribution >= 0.6 is 22.9 Å². The van der Waals surface area contributed by atoms with Gasteiger partial charge in [-0.1, -0.05) is 6.07 Å². The van der Waals surface area contributed by atoms with Crippen molar-refractivity contribution in [3.05, 3.63) is 22.4 Å². The van der Waals surface area contributed by atoms with Crippen LogP contribution in [0.1, 0.15) is 6.25 Å². The van der Waals surface area contributed by atoms with Crippen molar-refractivity contribution in [3.63, 3.8) is 0 Å². The van der Waals surface area contributed by atoms with Crippen LogP contribution in [0.4, 0.5) is 0 Å². The molecule has 0 bridgehead atoms. The van der Waals surface area contributed by atoms with E-state index < -0.39 is 6.40 Å². The van der Waals surface area contributed by atoms with Gasteiger partial charge in [0.1, 0.15) is 0 Å². The Morgan fingerprint density at radius 1 is 1.90 bits per heavy atom. The van der Waals surface area contributed by atoms with Gasteiger partial charge in [0.25, 0.3) is 0 Å². The average Bonchev–Trinajstić information content (AvgIpc) is 2.53. The maximum Gasteiger partial charge on any atom is 0.152 e. The molecule has 0 aliphatic heterocycles. The first-order chi connectivity index (χ1) is 5.25. The lowest BCUT2D eigenvalue weighted by Crippen LogP contribution is -2.01. The summed E-state index contributed by atoms with van der Waals surface area (Å²) < 4.78 is 7.41. The third-order valence-electron chi connectivity index (χ3n) is 0.978. The highest BCUT2D eigenvalue weighted by molar-refractivity contribution is 7.10. The van der Waals surface area contributed by atoms with Crippen LogP contribution in [0.5, 0.6) is 0 Å². The summed E-state index contributed by atoms with van der Waals surface area (Å²) in [5.74, 6) is -0.319. The van der Waals surface area contributed by atoms with Gasteiger partial charge in [-0.3, -0.25) is 4.79 Å². The summed E-state index contributed by atoms with van der Waals surface area (Å²) in [4.78, 5) is 11.7. The molecule has 1 heterocycles. The van der Waals surface area contributed by atoms with Crippen LogP contribution < -0.4 is 0 Å². The van der Waals surface area contributed by atoms with E-state index in [2.05, 4.69) is 0 Å². The number of hydrogen-bond acceptors (Lipinski definition) is 2. The zero-order chi connectivity index (χ0) is 8.27. The van der Waals surface area contributed by atoms with E-state index in [0.717, 1.165) is 4.88 Å². The Morgan fingerprint density at radius 3 is 3.20 bits per heavy atom. The molecule has 1 rings (SSSR count). The molecule has 0 radical (unpaired) electrons. The highest BCUT2D eigenvalue weighted by Gasteiger charge is 2.00. The van der Waals surface area contributed by atoms with Crippen LogP contribution in [0.3, 0.4) is 0 Å². The zero-order valence-corrected chi connectivity index (χ0v) is 6.78. The SMILES string of the molecule is [3H]C(C(=O)CCl)c1cccs1. The zero-order valence-electron chi connectivity index (χ0n) is 6.21. The van der Waals surface area contributed by atoms with Crippen LogP contribution in [0, 0.1) is 0 Å². The third-order valence-corrected chi connectivity index (χ3v) is 2.06. The molecule has 3 heteroatoms. The van der Waals surface area contributed by atoms with Gasteiger partial charge in [0, 0.05) is 12.6 Å². The second kappa shape index (κ2) is 3.74. The number of alkyl halides is 1. The standard InChI is InChI=1S/C7H7ClOS/c8-5-6(9)4-7-2-1-3-10-7/h1-3H,4-5H2/i4T. The minimum atomic E-state index is -0.785. The van der Waals surface area contributed by atoms with Crippen molar-refractivity contribution in [2.24, 2.45) is 0 Å². The number of thiophene rings is 1. The summed E-state index contributed by atoms with van der Waals surface area (Å²) in [6.07, 6.45) is -0.785. The molecule has 54 valence electrons. The normalized spacial score (nSPS) is 14.3. The van der Waals surface area contributed by atoms with E-state index in [9.17, 15) is 4.79 Å². The van der Waals surface area contributed by atoms with Crippen molar-refractivity contribution in [3.8, 4) is 0 Å². The minimum absolute atomic E-state index is 0.0773. The molecule has 0 aliphatic rings. The number of hydrogen-bond donors (Lipinski definition) is 0. The van der Waals surface area contributed by atoms with Gasteiger partial charge in [0.05, 0.1) is 5.88 Å². The lowest BCUT2D eigenvalue weighted by molar-refractivity contribution is -0.116. The smallest absolute Gasteiger partial charge is 0.152 e. The molecule has 0 saturated heterocycles. The maximum atomic E-state index is 10.9. The Hall–Kier alpha value is -0.340. The Labute approximate surface area is 70.0 Å². The maximum absolute atomic E-state index is 10.9. The van der Waals surface area contributed by atoms with Crippen LogP contribution in [0.15, 0.2) is 17.5 Å². The molecule has 0 aromatic carbocycles. The van der Waals surface area contributed by atoms with E-state index in [0.29, 0.717) is 0 Å². The molecule has 0 N–H and O–H groups in total. The second-order valence-corrected chi connectivity index (χ2v) is 3.01. The number of carbonyl (C=O) groups excluding carboxylic acids is 1. The molecule has 0 saturated carbocycles. The summed E-state index contributed by atoms with van der Waals surface area (Å²) in [6.45, 7) is 0. The molecule has 1 unspecified atom stereocenters. The van der Waals surface area contributed by atoms with Crippen molar-refractivity contribution in [2.45, 2.75) is 6.40 Å². The van der Waals surface area contributed by atoms with Gasteiger partial charge in [-0.2, -0.15) is 0 Å². The highest BCUT2D eigenvalue weighted by atomic mass is 35.5.